The van der Waals surface area contributed by atoms with Crippen molar-refractivity contribution in [2.75, 3.05) is 13.2 Å². The molecule has 0 saturated heterocycles. The molecule has 0 spiro atoms. The fraction of sp³-hybridized carbons (Fsp3) is 0.200. The first kappa shape index (κ1) is 22.8. The van der Waals surface area contributed by atoms with Crippen molar-refractivity contribution in [1.29, 1.82) is 0 Å². The van der Waals surface area contributed by atoms with Crippen molar-refractivity contribution in [1.82, 2.24) is 5.43 Å². The highest BCUT2D eigenvalue weighted by Gasteiger charge is 2.11. The van der Waals surface area contributed by atoms with E-state index < -0.39 is 0 Å². The summed E-state index contributed by atoms with van der Waals surface area (Å²) in [6.07, 6.45) is 1.52. The average molecular weight is 436 g/mol. The quantitative estimate of drug-likeness (QED) is 0.360. The average Bonchev–Trinajstić information content (AvgIpc) is 2.81. The van der Waals surface area contributed by atoms with Gasteiger partial charge in [0.25, 0.3) is 5.91 Å². The van der Waals surface area contributed by atoms with Gasteiger partial charge in [-0.05, 0) is 67.9 Å². The molecule has 0 heterocycles. The van der Waals surface area contributed by atoms with Gasteiger partial charge in [0.1, 0.15) is 18.2 Å². The van der Waals surface area contributed by atoms with Crippen molar-refractivity contribution >= 4 is 12.1 Å². The molecule has 3 aromatic rings. The van der Waals surface area contributed by atoms with Crippen LogP contribution in [-0.4, -0.2) is 25.3 Å². The summed E-state index contributed by atoms with van der Waals surface area (Å²) < 4.78 is 30.3. The number of nitrogens with zero attached hydrogens (tertiary/aromatic N) is 1. The SMILES string of the molecule is CCOc1ccc(C(=O)N/N=C/c2ccc(OCc3ccccc3F)cc2)cc1OCC. The molecule has 0 aliphatic heterocycles. The van der Waals surface area contributed by atoms with Crippen LogP contribution in [0.3, 0.4) is 0 Å². The van der Waals surface area contributed by atoms with E-state index in [1.54, 1.807) is 60.7 Å². The summed E-state index contributed by atoms with van der Waals surface area (Å²) in [6, 6.07) is 18.6. The predicted molar refractivity (Wildman–Crippen MR) is 121 cm³/mol. The van der Waals surface area contributed by atoms with Crippen molar-refractivity contribution in [3.63, 3.8) is 0 Å². The van der Waals surface area contributed by atoms with Gasteiger partial charge in [0.05, 0.1) is 19.4 Å². The first-order valence-electron chi connectivity index (χ1n) is 10.3. The van der Waals surface area contributed by atoms with Crippen molar-refractivity contribution in [2.45, 2.75) is 20.5 Å². The van der Waals surface area contributed by atoms with E-state index >= 15 is 0 Å². The molecular formula is C25H25FN2O4. The van der Waals surface area contributed by atoms with Gasteiger partial charge >= 0.3 is 0 Å². The van der Waals surface area contributed by atoms with Crippen LogP contribution in [0.15, 0.2) is 71.8 Å². The summed E-state index contributed by atoms with van der Waals surface area (Å²) in [5.74, 6) is 1.04. The van der Waals surface area contributed by atoms with Gasteiger partial charge in [0.15, 0.2) is 11.5 Å². The third kappa shape index (κ3) is 6.31. The Morgan fingerprint density at radius 2 is 1.66 bits per heavy atom. The Hall–Kier alpha value is -3.87. The number of benzene rings is 3. The number of amides is 1. The van der Waals surface area contributed by atoms with Crippen molar-refractivity contribution < 1.29 is 23.4 Å². The van der Waals surface area contributed by atoms with E-state index in [1.807, 2.05) is 13.8 Å². The molecule has 7 heteroatoms. The fourth-order valence-corrected chi connectivity index (χ4v) is 2.85. The maximum Gasteiger partial charge on any atom is 0.271 e. The van der Waals surface area contributed by atoms with Crippen molar-refractivity contribution in [2.24, 2.45) is 5.10 Å². The van der Waals surface area contributed by atoms with E-state index in [0.29, 0.717) is 41.6 Å². The normalized spacial score (nSPS) is 10.7. The lowest BCUT2D eigenvalue weighted by atomic mass is 10.2. The van der Waals surface area contributed by atoms with E-state index in [1.165, 1.54) is 12.3 Å². The van der Waals surface area contributed by atoms with Crippen LogP contribution in [0.5, 0.6) is 17.2 Å². The van der Waals surface area contributed by atoms with Gasteiger partial charge in [-0.1, -0.05) is 18.2 Å². The molecule has 0 unspecified atom stereocenters. The van der Waals surface area contributed by atoms with Crippen LogP contribution in [0.2, 0.25) is 0 Å². The van der Waals surface area contributed by atoms with Crippen molar-refractivity contribution in [3.05, 3.63) is 89.2 Å². The van der Waals surface area contributed by atoms with Gasteiger partial charge in [-0.3, -0.25) is 4.79 Å². The number of hydrogen-bond acceptors (Lipinski definition) is 5. The maximum absolute atomic E-state index is 13.7. The van der Waals surface area contributed by atoms with Gasteiger partial charge in [-0.2, -0.15) is 5.10 Å². The molecule has 0 radical (unpaired) electrons. The monoisotopic (exact) mass is 436 g/mol. The van der Waals surface area contributed by atoms with Crippen LogP contribution < -0.4 is 19.6 Å². The maximum atomic E-state index is 13.7. The van der Waals surface area contributed by atoms with E-state index in [9.17, 15) is 9.18 Å². The molecule has 3 rings (SSSR count). The fourth-order valence-electron chi connectivity index (χ4n) is 2.85. The zero-order chi connectivity index (χ0) is 22.8. The molecule has 0 bridgehead atoms. The van der Waals surface area contributed by atoms with Gasteiger partial charge in [0.2, 0.25) is 0 Å². The van der Waals surface area contributed by atoms with Gasteiger partial charge < -0.3 is 14.2 Å². The second-order valence-corrected chi connectivity index (χ2v) is 6.68. The number of hydrazone groups is 1. The largest absolute Gasteiger partial charge is 0.490 e. The standard InChI is InChI=1S/C25H25FN2O4/c1-3-30-23-14-11-19(15-24(23)31-4-2)25(29)28-27-16-18-9-12-21(13-10-18)32-17-20-7-5-6-8-22(20)26/h5-16H,3-4,17H2,1-2H3,(H,28,29)/b27-16+. The number of carbonyl (C=O) groups is 1. The summed E-state index contributed by atoms with van der Waals surface area (Å²) in [6.45, 7) is 4.85. The van der Waals surface area contributed by atoms with Crippen LogP contribution in [-0.2, 0) is 6.61 Å². The lowest BCUT2D eigenvalue weighted by molar-refractivity contribution is 0.0954. The summed E-state index contributed by atoms with van der Waals surface area (Å²) in [5, 5.41) is 4.00. The number of rotatable bonds is 10. The number of ether oxygens (including phenoxy) is 3. The molecule has 6 nitrogen and oxygen atoms in total. The zero-order valence-electron chi connectivity index (χ0n) is 18.0. The van der Waals surface area contributed by atoms with Gasteiger partial charge in [-0.15, -0.1) is 0 Å². The first-order valence-corrected chi connectivity index (χ1v) is 10.3. The van der Waals surface area contributed by atoms with Crippen LogP contribution in [0.1, 0.15) is 35.3 Å². The number of hydrogen-bond donors (Lipinski definition) is 1. The first-order chi connectivity index (χ1) is 15.6. The Labute approximate surface area is 186 Å². The molecule has 1 N–H and O–H groups in total. The predicted octanol–water partition coefficient (Wildman–Crippen LogP) is 4.97. The molecule has 166 valence electrons. The van der Waals surface area contributed by atoms with Crippen LogP contribution in [0.4, 0.5) is 4.39 Å². The molecule has 32 heavy (non-hydrogen) atoms. The highest BCUT2D eigenvalue weighted by Crippen LogP contribution is 2.28. The van der Waals surface area contributed by atoms with Crippen LogP contribution >= 0.6 is 0 Å². The van der Waals surface area contributed by atoms with E-state index in [2.05, 4.69) is 10.5 Å². The third-order valence-corrected chi connectivity index (χ3v) is 4.42. The highest BCUT2D eigenvalue weighted by atomic mass is 19.1. The van der Waals surface area contributed by atoms with Gasteiger partial charge in [0, 0.05) is 11.1 Å². The lowest BCUT2D eigenvalue weighted by Gasteiger charge is -2.11. The molecule has 3 aromatic carbocycles. The second-order valence-electron chi connectivity index (χ2n) is 6.68. The molecular weight excluding hydrogens is 411 g/mol. The molecule has 0 aliphatic rings. The molecule has 1 amide bonds. The molecule has 0 aliphatic carbocycles. The van der Waals surface area contributed by atoms with E-state index in [4.69, 9.17) is 14.2 Å². The second kappa shape index (κ2) is 11.5. The summed E-state index contributed by atoms with van der Waals surface area (Å²) in [4.78, 5) is 12.4. The van der Waals surface area contributed by atoms with Crippen LogP contribution in [0, 0.1) is 5.82 Å². The summed E-state index contributed by atoms with van der Waals surface area (Å²) in [7, 11) is 0. The Balaban J connectivity index is 1.55. The van der Waals surface area contributed by atoms with E-state index in [-0.39, 0.29) is 18.3 Å². The lowest BCUT2D eigenvalue weighted by Crippen LogP contribution is -2.17. The number of halogens is 1. The molecule has 0 fully saturated rings. The smallest absolute Gasteiger partial charge is 0.271 e. The molecule has 0 atom stereocenters. The molecule has 0 aromatic heterocycles. The topological polar surface area (TPSA) is 69.2 Å². The zero-order valence-corrected chi connectivity index (χ0v) is 18.0. The number of carbonyl (C=O) groups excluding carboxylic acids is 1. The highest BCUT2D eigenvalue weighted by molar-refractivity contribution is 5.95. The number of nitrogens with one attached hydrogen (secondary N) is 1. The summed E-state index contributed by atoms with van der Waals surface area (Å²) in [5.41, 5.74) is 4.16. The minimum Gasteiger partial charge on any atom is -0.490 e. The Bertz CT molecular complexity index is 1070. The Kier molecular flexibility index (Phi) is 8.20. The van der Waals surface area contributed by atoms with Crippen molar-refractivity contribution in [3.8, 4) is 17.2 Å². The third-order valence-electron chi connectivity index (χ3n) is 4.42. The molecule has 0 saturated carbocycles. The van der Waals surface area contributed by atoms with Gasteiger partial charge in [-0.25, -0.2) is 9.82 Å². The Morgan fingerprint density at radius 1 is 0.938 bits per heavy atom. The minimum atomic E-state index is -0.366. The Morgan fingerprint density at radius 3 is 2.38 bits per heavy atom. The minimum absolute atomic E-state index is 0.141. The summed E-state index contributed by atoms with van der Waals surface area (Å²) >= 11 is 0. The van der Waals surface area contributed by atoms with E-state index in [0.717, 1.165) is 5.56 Å². The van der Waals surface area contributed by atoms with Crippen LogP contribution in [0.25, 0.3) is 0 Å².